The zero-order chi connectivity index (χ0) is 25.8. The van der Waals surface area contributed by atoms with Crippen molar-refractivity contribution in [1.29, 1.82) is 0 Å². The molecule has 0 radical (unpaired) electrons. The molecule has 6 heteroatoms. The summed E-state index contributed by atoms with van der Waals surface area (Å²) in [5.41, 5.74) is 0.788. The summed E-state index contributed by atoms with van der Waals surface area (Å²) in [4.78, 5) is 15.9. The Morgan fingerprint density at radius 1 is 0.829 bits per heavy atom. The van der Waals surface area contributed by atoms with Crippen LogP contribution in [0.1, 0.15) is 65.5 Å². The van der Waals surface area contributed by atoms with Crippen molar-refractivity contribution in [2.75, 3.05) is 0 Å². The average molecular weight is 513 g/mol. The number of hydrogen-bond donors (Lipinski definition) is 3. The summed E-state index contributed by atoms with van der Waals surface area (Å²) in [6.07, 6.45) is -0.547. The molecule has 35 heavy (non-hydrogen) atoms. The van der Waals surface area contributed by atoms with Gasteiger partial charge < -0.3 is 15.3 Å². The third-order valence-corrected chi connectivity index (χ3v) is 9.67. The maximum Gasteiger partial charge on any atom is 0.191 e. The maximum atomic E-state index is 13.9. The fourth-order valence-electron chi connectivity index (χ4n) is 4.80. The highest BCUT2D eigenvalue weighted by Gasteiger charge is 2.64. The van der Waals surface area contributed by atoms with Gasteiger partial charge in [0.1, 0.15) is 16.5 Å². The van der Waals surface area contributed by atoms with Crippen molar-refractivity contribution >= 4 is 29.3 Å². The summed E-state index contributed by atoms with van der Waals surface area (Å²) in [5, 5.41) is 33.8. The molecule has 3 N–H and O–H groups in total. The number of carbonyl (C=O) groups excluding carboxylic acids is 1. The Morgan fingerprint density at radius 2 is 1.31 bits per heavy atom. The summed E-state index contributed by atoms with van der Waals surface area (Å²) < 4.78 is -1.57. The molecule has 1 saturated carbocycles. The number of hydrogen-bond acceptors (Lipinski definition) is 6. The predicted molar refractivity (Wildman–Crippen MR) is 144 cm³/mol. The van der Waals surface area contributed by atoms with Gasteiger partial charge in [-0.05, 0) is 65.1 Å². The molecule has 2 aromatic rings. The van der Waals surface area contributed by atoms with Gasteiger partial charge in [-0.15, -0.1) is 11.8 Å². The van der Waals surface area contributed by atoms with Crippen LogP contribution in [0.5, 0.6) is 0 Å². The normalized spacial score (nSPS) is 29.2. The van der Waals surface area contributed by atoms with Crippen molar-refractivity contribution in [3.63, 3.8) is 0 Å². The first-order valence-electron chi connectivity index (χ1n) is 12.1. The fourth-order valence-corrected chi connectivity index (χ4v) is 7.35. The highest BCUT2D eigenvalue weighted by Crippen LogP contribution is 2.54. The van der Waals surface area contributed by atoms with E-state index in [4.69, 9.17) is 0 Å². The van der Waals surface area contributed by atoms with Gasteiger partial charge in [0.15, 0.2) is 5.78 Å². The zero-order valence-electron chi connectivity index (χ0n) is 21.3. The second-order valence-corrected chi connectivity index (χ2v) is 14.3. The minimum Gasteiger partial charge on any atom is -0.391 e. The highest BCUT2D eigenvalue weighted by atomic mass is 32.2. The number of fused-ring (bicyclic) bond motifs is 2. The van der Waals surface area contributed by atoms with Crippen molar-refractivity contribution in [3.8, 4) is 0 Å². The molecule has 2 aromatic carbocycles. The quantitative estimate of drug-likeness (QED) is 0.494. The Morgan fingerprint density at radius 3 is 1.80 bits per heavy atom. The number of Topliss-reactive ketones (excluding diaryl/α,β-unsaturated/α-hetero) is 1. The minimum atomic E-state index is -1.57. The number of ketones is 1. The summed E-state index contributed by atoms with van der Waals surface area (Å²) >= 11 is 2.45. The van der Waals surface area contributed by atoms with E-state index in [0.717, 1.165) is 15.4 Å². The Bertz CT molecular complexity index is 1130. The molecule has 4 rings (SSSR count). The molecule has 0 spiro atoms. The molecular weight excluding hydrogens is 476 g/mol. The molecule has 0 unspecified atom stereocenters. The van der Waals surface area contributed by atoms with E-state index in [-0.39, 0.29) is 29.5 Å². The van der Waals surface area contributed by atoms with E-state index >= 15 is 0 Å². The largest absolute Gasteiger partial charge is 0.391 e. The maximum absolute atomic E-state index is 13.9. The van der Waals surface area contributed by atoms with E-state index in [0.29, 0.717) is 4.91 Å². The average Bonchev–Trinajstić information content (AvgIpc) is 2.77. The van der Waals surface area contributed by atoms with Gasteiger partial charge >= 0.3 is 0 Å². The van der Waals surface area contributed by atoms with E-state index < -0.39 is 22.6 Å². The van der Waals surface area contributed by atoms with Crippen LogP contribution in [0.25, 0.3) is 0 Å². The van der Waals surface area contributed by atoms with E-state index in [1.54, 1.807) is 0 Å². The molecule has 0 aromatic heterocycles. The van der Waals surface area contributed by atoms with E-state index in [2.05, 4.69) is 53.7 Å². The molecule has 0 aliphatic heterocycles. The molecule has 188 valence electrons. The lowest BCUT2D eigenvalue weighted by Crippen LogP contribution is -2.69. The summed E-state index contributed by atoms with van der Waals surface area (Å²) in [7, 11) is 0. The fraction of sp³-hybridized carbons (Fsp3) is 0.483. The van der Waals surface area contributed by atoms with Gasteiger partial charge in [-0.3, -0.25) is 4.79 Å². The lowest BCUT2D eigenvalue weighted by Gasteiger charge is -2.52. The monoisotopic (exact) mass is 512 g/mol. The summed E-state index contributed by atoms with van der Waals surface area (Å²) in [6.45, 7) is 12.9. The number of benzene rings is 2. The number of thioether (sulfide) groups is 2. The molecule has 0 amide bonds. The van der Waals surface area contributed by atoms with Crippen molar-refractivity contribution in [1.82, 2.24) is 0 Å². The van der Waals surface area contributed by atoms with Gasteiger partial charge in [0.2, 0.25) is 0 Å². The van der Waals surface area contributed by atoms with Crippen LogP contribution in [-0.4, -0.2) is 43.7 Å². The molecule has 2 aliphatic rings. The van der Waals surface area contributed by atoms with Crippen LogP contribution in [-0.2, 0) is 15.6 Å². The first kappa shape index (κ1) is 26.5. The lowest BCUT2D eigenvalue weighted by molar-refractivity contribution is -0.149. The van der Waals surface area contributed by atoms with Gasteiger partial charge in [0.25, 0.3) is 0 Å². The van der Waals surface area contributed by atoms with Crippen LogP contribution in [0.15, 0.2) is 69.3 Å². The van der Waals surface area contributed by atoms with Gasteiger partial charge in [-0.2, -0.15) is 0 Å². The zero-order valence-corrected chi connectivity index (χ0v) is 23.0. The summed E-state index contributed by atoms with van der Waals surface area (Å²) in [6, 6.07) is 15.9. The molecular formula is C29H36O4S2. The minimum absolute atomic E-state index is 0.0126. The van der Waals surface area contributed by atoms with Crippen LogP contribution < -0.4 is 0 Å². The third kappa shape index (κ3) is 4.88. The van der Waals surface area contributed by atoms with Gasteiger partial charge in [0.05, 0.1) is 11.0 Å². The summed E-state index contributed by atoms with van der Waals surface area (Å²) in [5.74, 6) is -0.336. The third-order valence-electron chi connectivity index (χ3n) is 7.11. The van der Waals surface area contributed by atoms with Crippen molar-refractivity contribution in [2.24, 2.45) is 0 Å². The Hall–Kier alpha value is -1.57. The molecule has 0 saturated heterocycles. The predicted octanol–water partition coefficient (Wildman–Crippen LogP) is 5.62. The van der Waals surface area contributed by atoms with Crippen LogP contribution in [0.3, 0.4) is 0 Å². The van der Waals surface area contributed by atoms with Crippen LogP contribution in [0.2, 0.25) is 0 Å². The number of aliphatic hydroxyl groups excluding tert-OH is 2. The topological polar surface area (TPSA) is 77.8 Å². The lowest BCUT2D eigenvalue weighted by atomic mass is 9.67. The Labute approximate surface area is 217 Å². The van der Waals surface area contributed by atoms with Gasteiger partial charge in [-0.25, -0.2) is 0 Å². The number of carbonyl (C=O) groups is 1. The van der Waals surface area contributed by atoms with Crippen molar-refractivity contribution < 1.29 is 20.1 Å². The van der Waals surface area contributed by atoms with Crippen molar-refractivity contribution in [2.45, 2.75) is 97.6 Å². The van der Waals surface area contributed by atoms with E-state index in [1.807, 2.05) is 36.4 Å². The molecule has 4 nitrogen and oxygen atoms in total. The van der Waals surface area contributed by atoms with Crippen LogP contribution in [0, 0.1) is 0 Å². The van der Waals surface area contributed by atoms with E-state index in [1.165, 1.54) is 35.2 Å². The van der Waals surface area contributed by atoms with Crippen LogP contribution in [0.4, 0.5) is 0 Å². The Balaban J connectivity index is 1.69. The molecule has 0 heterocycles. The standard InChI is InChI=1S/C29H36O4S2/c1-26(2,3)18-7-11-20(12-8-18)34-22-17-28(33)16-15-23(30)29(24(22)31,25(28)32)35-21-13-9-19(10-14-21)27(4,5)6/h7-14,17,23,25,30,32-33H,15-16H2,1-6H3/t23-,25+,28+,29-/m1/s1. The van der Waals surface area contributed by atoms with Crippen molar-refractivity contribution in [3.05, 3.63) is 70.6 Å². The number of aliphatic hydroxyl groups is 3. The van der Waals surface area contributed by atoms with E-state index in [9.17, 15) is 20.1 Å². The Kier molecular flexibility index (Phi) is 6.87. The van der Waals surface area contributed by atoms with Gasteiger partial charge in [0, 0.05) is 9.79 Å². The molecule has 2 aliphatic carbocycles. The number of rotatable bonds is 4. The smallest absolute Gasteiger partial charge is 0.191 e. The SMILES string of the molecule is CC(C)(C)c1ccc(SC2=C[C@@]3(O)CC[C@@H](O)[C@@](Sc4ccc(C(C)(C)C)cc4)(C2=O)[C@H]3O)cc1. The first-order chi connectivity index (χ1) is 16.2. The molecule has 4 atom stereocenters. The highest BCUT2D eigenvalue weighted by molar-refractivity contribution is 8.05. The number of allylic oxidation sites excluding steroid dienone is 1. The molecule has 1 fully saturated rings. The molecule has 2 bridgehead atoms. The second kappa shape index (κ2) is 9.07. The first-order valence-corrected chi connectivity index (χ1v) is 13.7. The van der Waals surface area contributed by atoms with Crippen LogP contribution >= 0.6 is 23.5 Å². The second-order valence-electron chi connectivity index (χ2n) is 11.8. The van der Waals surface area contributed by atoms with Gasteiger partial charge in [-0.1, -0.05) is 77.6 Å².